The number of carbonyl (C=O) groups excluding carboxylic acids is 1. The first kappa shape index (κ1) is 12.3. The molecule has 0 amide bonds. The molecule has 0 aliphatic carbocycles. The molecule has 2 rings (SSSR count). The van der Waals surface area contributed by atoms with Crippen LogP contribution >= 0.6 is 0 Å². The van der Waals surface area contributed by atoms with E-state index in [-0.39, 0.29) is 0 Å². The molecule has 3 N–H and O–H groups in total. The maximum atomic E-state index is 11.3. The zero-order chi connectivity index (χ0) is 13.0. The molecule has 5 nitrogen and oxygen atoms in total. The Hall–Kier alpha value is -2.14. The number of esters is 1. The number of nitrogens with two attached hydrogens (primary N) is 1. The summed E-state index contributed by atoms with van der Waals surface area (Å²) in [5.41, 5.74) is 8.55. The molecular formula is C13H15N3O2. The fourth-order valence-corrected chi connectivity index (χ4v) is 1.79. The van der Waals surface area contributed by atoms with Gasteiger partial charge in [-0.25, -0.2) is 0 Å². The number of methoxy groups -OCH3 is 1. The Morgan fingerprint density at radius 3 is 2.83 bits per heavy atom. The van der Waals surface area contributed by atoms with Gasteiger partial charge in [0.25, 0.3) is 0 Å². The largest absolute Gasteiger partial charge is 0.468 e. The number of aromatic amines is 1. The molecule has 1 unspecified atom stereocenters. The van der Waals surface area contributed by atoms with Gasteiger partial charge in [0.2, 0.25) is 0 Å². The predicted octanol–water partition coefficient (Wildman–Crippen LogP) is 1.12. The Morgan fingerprint density at radius 2 is 2.17 bits per heavy atom. The third-order valence-corrected chi connectivity index (χ3v) is 2.72. The molecule has 0 spiro atoms. The highest BCUT2D eigenvalue weighted by molar-refractivity contribution is 5.76. The lowest BCUT2D eigenvalue weighted by Gasteiger charge is -2.09. The van der Waals surface area contributed by atoms with E-state index in [1.54, 1.807) is 6.20 Å². The molecule has 5 heteroatoms. The molecule has 0 saturated heterocycles. The van der Waals surface area contributed by atoms with Crippen LogP contribution in [0, 0.1) is 0 Å². The number of benzene rings is 1. The lowest BCUT2D eigenvalue weighted by atomic mass is 10.0. The van der Waals surface area contributed by atoms with Gasteiger partial charge < -0.3 is 10.5 Å². The van der Waals surface area contributed by atoms with Gasteiger partial charge in [-0.05, 0) is 11.1 Å². The quantitative estimate of drug-likeness (QED) is 0.791. The molecule has 1 aromatic heterocycles. The fraction of sp³-hybridized carbons (Fsp3) is 0.231. The van der Waals surface area contributed by atoms with Crippen LogP contribution in [0.2, 0.25) is 0 Å². The van der Waals surface area contributed by atoms with Crippen molar-refractivity contribution in [1.29, 1.82) is 0 Å². The number of rotatable bonds is 4. The van der Waals surface area contributed by atoms with Crippen LogP contribution in [0.15, 0.2) is 36.5 Å². The van der Waals surface area contributed by atoms with Crippen molar-refractivity contribution in [3.63, 3.8) is 0 Å². The third-order valence-electron chi connectivity index (χ3n) is 2.72. The van der Waals surface area contributed by atoms with Gasteiger partial charge in [0, 0.05) is 6.42 Å². The monoisotopic (exact) mass is 245 g/mol. The van der Waals surface area contributed by atoms with Crippen molar-refractivity contribution >= 4 is 5.97 Å². The average Bonchev–Trinajstić information content (AvgIpc) is 2.86. The van der Waals surface area contributed by atoms with E-state index in [9.17, 15) is 4.79 Å². The number of nitrogens with one attached hydrogen (secondary N) is 1. The van der Waals surface area contributed by atoms with Crippen molar-refractivity contribution < 1.29 is 9.53 Å². The highest BCUT2D eigenvalue weighted by Crippen LogP contribution is 2.21. The minimum Gasteiger partial charge on any atom is -0.468 e. The van der Waals surface area contributed by atoms with E-state index in [1.807, 2.05) is 30.3 Å². The molecule has 2 aromatic rings. The molecule has 0 radical (unpaired) electrons. The van der Waals surface area contributed by atoms with Crippen LogP contribution < -0.4 is 5.73 Å². The normalized spacial score (nSPS) is 12.1. The Balaban J connectivity index is 2.21. The number of ether oxygens (including phenoxy) is 1. The highest BCUT2D eigenvalue weighted by Gasteiger charge is 2.17. The molecule has 1 aromatic carbocycles. The Morgan fingerprint density at radius 1 is 1.44 bits per heavy atom. The topological polar surface area (TPSA) is 81.0 Å². The summed E-state index contributed by atoms with van der Waals surface area (Å²) in [6.45, 7) is 0. The molecule has 0 fully saturated rings. The smallest absolute Gasteiger partial charge is 0.322 e. The SMILES string of the molecule is COC(=O)C(N)Cc1cn[nH]c1-c1ccccc1. The second kappa shape index (κ2) is 5.46. The maximum absolute atomic E-state index is 11.3. The molecule has 0 saturated carbocycles. The van der Waals surface area contributed by atoms with Gasteiger partial charge in [0.1, 0.15) is 6.04 Å². The average molecular weight is 245 g/mol. The fourth-order valence-electron chi connectivity index (χ4n) is 1.79. The third kappa shape index (κ3) is 2.57. The van der Waals surface area contributed by atoms with Crippen LogP contribution in [-0.4, -0.2) is 29.3 Å². The van der Waals surface area contributed by atoms with E-state index in [1.165, 1.54) is 7.11 Å². The summed E-state index contributed by atoms with van der Waals surface area (Å²) in [6.07, 6.45) is 2.08. The first-order valence-corrected chi connectivity index (χ1v) is 5.63. The van der Waals surface area contributed by atoms with Gasteiger partial charge in [-0.15, -0.1) is 0 Å². The number of hydrogen-bond acceptors (Lipinski definition) is 4. The molecule has 0 aliphatic rings. The van der Waals surface area contributed by atoms with Crippen LogP contribution in [0.3, 0.4) is 0 Å². The molecule has 0 aliphatic heterocycles. The second-order valence-electron chi connectivity index (χ2n) is 3.97. The molecule has 94 valence electrons. The van der Waals surface area contributed by atoms with Crippen LogP contribution in [0.4, 0.5) is 0 Å². The lowest BCUT2D eigenvalue weighted by molar-refractivity contribution is -0.142. The van der Waals surface area contributed by atoms with E-state index in [0.29, 0.717) is 6.42 Å². The van der Waals surface area contributed by atoms with Crippen molar-refractivity contribution in [2.75, 3.05) is 7.11 Å². The van der Waals surface area contributed by atoms with Gasteiger partial charge >= 0.3 is 5.97 Å². The van der Waals surface area contributed by atoms with E-state index in [4.69, 9.17) is 5.73 Å². The first-order valence-electron chi connectivity index (χ1n) is 5.63. The molecule has 18 heavy (non-hydrogen) atoms. The van der Waals surface area contributed by atoms with Gasteiger partial charge in [0.15, 0.2) is 0 Å². The Bertz CT molecular complexity index is 522. The summed E-state index contributed by atoms with van der Waals surface area (Å²) >= 11 is 0. The molecule has 1 heterocycles. The Kier molecular flexibility index (Phi) is 3.74. The van der Waals surface area contributed by atoms with Gasteiger partial charge in [-0.1, -0.05) is 30.3 Å². The summed E-state index contributed by atoms with van der Waals surface area (Å²) in [4.78, 5) is 11.3. The summed E-state index contributed by atoms with van der Waals surface area (Å²) in [6, 6.07) is 9.11. The van der Waals surface area contributed by atoms with Crippen molar-refractivity contribution in [3.8, 4) is 11.3 Å². The molecular weight excluding hydrogens is 230 g/mol. The number of hydrogen-bond donors (Lipinski definition) is 2. The highest BCUT2D eigenvalue weighted by atomic mass is 16.5. The molecule has 1 atom stereocenters. The number of nitrogens with zero attached hydrogens (tertiary/aromatic N) is 1. The van der Waals surface area contributed by atoms with Gasteiger partial charge in [0.05, 0.1) is 19.0 Å². The van der Waals surface area contributed by atoms with Crippen molar-refractivity contribution in [2.45, 2.75) is 12.5 Å². The van der Waals surface area contributed by atoms with Crippen LogP contribution in [0.25, 0.3) is 11.3 Å². The maximum Gasteiger partial charge on any atom is 0.322 e. The van der Waals surface area contributed by atoms with Crippen LogP contribution in [0.5, 0.6) is 0 Å². The minimum atomic E-state index is -0.671. The zero-order valence-corrected chi connectivity index (χ0v) is 10.1. The summed E-state index contributed by atoms with van der Waals surface area (Å²) in [5.74, 6) is -0.421. The lowest BCUT2D eigenvalue weighted by Crippen LogP contribution is -2.33. The van der Waals surface area contributed by atoms with E-state index in [0.717, 1.165) is 16.8 Å². The van der Waals surface area contributed by atoms with E-state index >= 15 is 0 Å². The summed E-state index contributed by atoms with van der Waals surface area (Å²) in [7, 11) is 1.33. The number of aromatic nitrogens is 2. The number of H-pyrrole nitrogens is 1. The first-order chi connectivity index (χ1) is 8.72. The number of carbonyl (C=O) groups is 1. The van der Waals surface area contributed by atoms with Crippen molar-refractivity contribution in [1.82, 2.24) is 10.2 Å². The Labute approximate surface area is 105 Å². The van der Waals surface area contributed by atoms with Crippen LogP contribution in [0.1, 0.15) is 5.56 Å². The molecule has 0 bridgehead atoms. The van der Waals surface area contributed by atoms with E-state index < -0.39 is 12.0 Å². The second-order valence-corrected chi connectivity index (χ2v) is 3.97. The standard InChI is InChI=1S/C13H15N3O2/c1-18-13(17)11(14)7-10-8-15-16-12(10)9-5-3-2-4-6-9/h2-6,8,11H,7,14H2,1H3,(H,15,16). The minimum absolute atomic E-state index is 0.396. The summed E-state index contributed by atoms with van der Waals surface area (Å²) in [5, 5.41) is 6.93. The van der Waals surface area contributed by atoms with Crippen LogP contribution in [-0.2, 0) is 16.0 Å². The zero-order valence-electron chi connectivity index (χ0n) is 10.1. The predicted molar refractivity (Wildman–Crippen MR) is 67.7 cm³/mol. The van der Waals surface area contributed by atoms with E-state index in [2.05, 4.69) is 14.9 Å². The van der Waals surface area contributed by atoms with Gasteiger partial charge in [-0.2, -0.15) is 5.10 Å². The van der Waals surface area contributed by atoms with Crippen molar-refractivity contribution in [3.05, 3.63) is 42.1 Å². The summed E-state index contributed by atoms with van der Waals surface area (Å²) < 4.78 is 4.61. The van der Waals surface area contributed by atoms with Crippen molar-refractivity contribution in [2.24, 2.45) is 5.73 Å². The van der Waals surface area contributed by atoms with Gasteiger partial charge in [-0.3, -0.25) is 9.89 Å².